The van der Waals surface area contributed by atoms with Crippen LogP contribution >= 0.6 is 11.3 Å². The number of aryl methyl sites for hydroxylation is 1. The number of rotatable bonds is 7. The summed E-state index contributed by atoms with van der Waals surface area (Å²) in [6.45, 7) is 4.58. The first-order valence-electron chi connectivity index (χ1n) is 6.76. The summed E-state index contributed by atoms with van der Waals surface area (Å²) >= 11 is 1.64. The van der Waals surface area contributed by atoms with Crippen molar-refractivity contribution in [3.63, 3.8) is 0 Å². The van der Waals surface area contributed by atoms with Crippen molar-refractivity contribution in [3.05, 3.63) is 46.2 Å². The Morgan fingerprint density at radius 2 is 2.10 bits per heavy atom. The van der Waals surface area contributed by atoms with Crippen LogP contribution in [0.4, 0.5) is 4.39 Å². The monoisotopic (exact) mass is 310 g/mol. The zero-order chi connectivity index (χ0) is 15.2. The first-order chi connectivity index (χ1) is 10.0. The van der Waals surface area contributed by atoms with Crippen molar-refractivity contribution < 1.29 is 14.2 Å². The zero-order valence-corrected chi connectivity index (χ0v) is 12.9. The number of ether oxygens (including phenoxy) is 1. The number of aliphatic hydroxyl groups excluding tert-OH is 1. The van der Waals surface area contributed by atoms with Gasteiger partial charge in [0.1, 0.15) is 29.3 Å². The van der Waals surface area contributed by atoms with Gasteiger partial charge in [-0.1, -0.05) is 0 Å². The molecule has 1 aromatic carbocycles. The molecule has 21 heavy (non-hydrogen) atoms. The van der Waals surface area contributed by atoms with E-state index in [1.54, 1.807) is 11.3 Å². The van der Waals surface area contributed by atoms with Crippen LogP contribution in [0.1, 0.15) is 22.9 Å². The summed E-state index contributed by atoms with van der Waals surface area (Å²) in [6, 6.07) is 5.82. The Morgan fingerprint density at radius 1 is 1.38 bits per heavy atom. The molecule has 2 unspecified atom stereocenters. The van der Waals surface area contributed by atoms with E-state index in [-0.39, 0.29) is 18.5 Å². The molecule has 0 aliphatic rings. The van der Waals surface area contributed by atoms with Crippen molar-refractivity contribution in [1.29, 1.82) is 0 Å². The molecule has 0 saturated heterocycles. The lowest BCUT2D eigenvalue weighted by atomic mass is 10.3. The lowest BCUT2D eigenvalue weighted by molar-refractivity contribution is 0.104. The summed E-state index contributed by atoms with van der Waals surface area (Å²) in [5.74, 6) is 0.233. The maximum absolute atomic E-state index is 12.7. The van der Waals surface area contributed by atoms with Crippen molar-refractivity contribution in [2.75, 3.05) is 13.2 Å². The Bertz CT molecular complexity index is 559. The van der Waals surface area contributed by atoms with E-state index in [1.165, 1.54) is 29.1 Å². The van der Waals surface area contributed by atoms with Crippen LogP contribution in [0, 0.1) is 12.7 Å². The SMILES string of the molecule is Cc1cnc(C(C)NCC(O)COc2ccc(F)cc2)s1. The summed E-state index contributed by atoms with van der Waals surface area (Å²) in [5, 5.41) is 14.1. The highest BCUT2D eigenvalue weighted by Crippen LogP contribution is 2.18. The Hall–Kier alpha value is -1.50. The highest BCUT2D eigenvalue weighted by molar-refractivity contribution is 7.11. The van der Waals surface area contributed by atoms with Crippen molar-refractivity contribution in [2.45, 2.75) is 26.0 Å². The number of thiazole rings is 1. The molecular formula is C15H19FN2O2S. The minimum absolute atomic E-state index is 0.0872. The Kier molecular flexibility index (Phi) is 5.67. The van der Waals surface area contributed by atoms with Gasteiger partial charge in [-0.05, 0) is 38.1 Å². The molecule has 0 saturated carbocycles. The van der Waals surface area contributed by atoms with Gasteiger partial charge in [-0.2, -0.15) is 0 Å². The lowest BCUT2D eigenvalue weighted by Gasteiger charge is -2.16. The molecule has 2 aromatic rings. The predicted octanol–water partition coefficient (Wildman–Crippen LogP) is 2.68. The van der Waals surface area contributed by atoms with Gasteiger partial charge < -0.3 is 15.2 Å². The quantitative estimate of drug-likeness (QED) is 0.825. The molecule has 2 N–H and O–H groups in total. The second-order valence-corrected chi connectivity index (χ2v) is 6.12. The van der Waals surface area contributed by atoms with Crippen LogP contribution in [-0.4, -0.2) is 29.3 Å². The number of hydrogen-bond donors (Lipinski definition) is 2. The van der Waals surface area contributed by atoms with Crippen LogP contribution in [0.15, 0.2) is 30.5 Å². The largest absolute Gasteiger partial charge is 0.491 e. The highest BCUT2D eigenvalue weighted by Gasteiger charge is 2.12. The van der Waals surface area contributed by atoms with E-state index in [0.29, 0.717) is 12.3 Å². The fraction of sp³-hybridized carbons (Fsp3) is 0.400. The van der Waals surface area contributed by atoms with Gasteiger partial charge in [-0.15, -0.1) is 11.3 Å². The third kappa shape index (κ3) is 5.08. The van der Waals surface area contributed by atoms with E-state index < -0.39 is 6.10 Å². The molecule has 0 bridgehead atoms. The van der Waals surface area contributed by atoms with Gasteiger partial charge in [0.15, 0.2) is 0 Å². The third-order valence-electron chi connectivity index (χ3n) is 2.93. The van der Waals surface area contributed by atoms with E-state index in [0.717, 1.165) is 5.01 Å². The van der Waals surface area contributed by atoms with Crippen LogP contribution in [0.3, 0.4) is 0 Å². The molecule has 2 rings (SSSR count). The minimum Gasteiger partial charge on any atom is -0.491 e. The van der Waals surface area contributed by atoms with Crippen molar-refractivity contribution in [2.24, 2.45) is 0 Å². The standard InChI is InChI=1S/C15H19FN2O2S/c1-10-7-18-15(21-10)11(2)17-8-13(19)9-20-14-5-3-12(16)4-6-14/h3-7,11,13,17,19H,8-9H2,1-2H3. The highest BCUT2D eigenvalue weighted by atomic mass is 32.1. The maximum atomic E-state index is 12.7. The number of aromatic nitrogens is 1. The van der Waals surface area contributed by atoms with E-state index >= 15 is 0 Å². The molecule has 1 aromatic heterocycles. The summed E-state index contributed by atoms with van der Waals surface area (Å²) in [5.41, 5.74) is 0. The van der Waals surface area contributed by atoms with Crippen molar-refractivity contribution in [3.8, 4) is 5.75 Å². The van der Waals surface area contributed by atoms with E-state index in [1.807, 2.05) is 20.0 Å². The number of benzene rings is 1. The van der Waals surface area contributed by atoms with Crippen LogP contribution < -0.4 is 10.1 Å². The van der Waals surface area contributed by atoms with Crippen LogP contribution in [0.5, 0.6) is 5.75 Å². The number of nitrogens with one attached hydrogen (secondary N) is 1. The van der Waals surface area contributed by atoms with Crippen LogP contribution in [0.2, 0.25) is 0 Å². The predicted molar refractivity (Wildman–Crippen MR) is 81.2 cm³/mol. The molecule has 114 valence electrons. The lowest BCUT2D eigenvalue weighted by Crippen LogP contribution is -2.33. The summed E-state index contributed by atoms with van der Waals surface area (Å²) < 4.78 is 18.1. The van der Waals surface area contributed by atoms with Gasteiger partial charge in [0, 0.05) is 17.6 Å². The van der Waals surface area contributed by atoms with Gasteiger partial charge in [-0.25, -0.2) is 9.37 Å². The molecule has 4 nitrogen and oxygen atoms in total. The van der Waals surface area contributed by atoms with Gasteiger partial charge in [0.05, 0.1) is 6.04 Å². The minimum atomic E-state index is -0.640. The van der Waals surface area contributed by atoms with Gasteiger partial charge in [-0.3, -0.25) is 0 Å². The average molecular weight is 310 g/mol. The van der Waals surface area contributed by atoms with Crippen LogP contribution in [-0.2, 0) is 0 Å². The zero-order valence-electron chi connectivity index (χ0n) is 12.0. The molecule has 1 heterocycles. The summed E-state index contributed by atoms with van der Waals surface area (Å²) in [4.78, 5) is 5.47. The summed E-state index contributed by atoms with van der Waals surface area (Å²) in [7, 11) is 0. The smallest absolute Gasteiger partial charge is 0.123 e. The van der Waals surface area contributed by atoms with Gasteiger partial charge >= 0.3 is 0 Å². The molecule has 2 atom stereocenters. The van der Waals surface area contributed by atoms with Crippen molar-refractivity contribution >= 4 is 11.3 Å². The number of nitrogens with zero attached hydrogens (tertiary/aromatic N) is 1. The normalized spacial score (nSPS) is 13.9. The number of aliphatic hydroxyl groups is 1. The molecule has 0 aliphatic heterocycles. The Morgan fingerprint density at radius 3 is 2.71 bits per heavy atom. The molecule has 0 aliphatic carbocycles. The number of hydrogen-bond acceptors (Lipinski definition) is 5. The van der Waals surface area contributed by atoms with Crippen LogP contribution in [0.25, 0.3) is 0 Å². The fourth-order valence-corrected chi connectivity index (χ4v) is 2.56. The van der Waals surface area contributed by atoms with Crippen molar-refractivity contribution in [1.82, 2.24) is 10.3 Å². The Labute approximate surface area is 127 Å². The van der Waals surface area contributed by atoms with Gasteiger partial charge in [0.25, 0.3) is 0 Å². The molecule has 0 radical (unpaired) electrons. The van der Waals surface area contributed by atoms with Gasteiger partial charge in [0.2, 0.25) is 0 Å². The maximum Gasteiger partial charge on any atom is 0.123 e. The second kappa shape index (κ2) is 7.49. The molecule has 0 spiro atoms. The second-order valence-electron chi connectivity index (χ2n) is 4.86. The van der Waals surface area contributed by atoms with E-state index in [2.05, 4.69) is 10.3 Å². The first-order valence-corrected chi connectivity index (χ1v) is 7.58. The Balaban J connectivity index is 1.72. The molecule has 6 heteroatoms. The van der Waals surface area contributed by atoms with E-state index in [4.69, 9.17) is 4.74 Å². The van der Waals surface area contributed by atoms with E-state index in [9.17, 15) is 9.50 Å². The number of halogens is 1. The summed E-state index contributed by atoms with van der Waals surface area (Å²) in [6.07, 6.45) is 1.20. The third-order valence-corrected chi connectivity index (χ3v) is 4.02. The average Bonchev–Trinajstić information content (AvgIpc) is 2.91. The fourth-order valence-electron chi connectivity index (χ4n) is 1.75. The molecule has 0 amide bonds. The molecular weight excluding hydrogens is 291 g/mol. The topological polar surface area (TPSA) is 54.4 Å². The first kappa shape index (κ1) is 15.9. The molecule has 0 fully saturated rings.